The van der Waals surface area contributed by atoms with E-state index in [0.29, 0.717) is 13.1 Å². The average Bonchev–Trinajstić information content (AvgIpc) is 3.11. The van der Waals surface area contributed by atoms with E-state index in [2.05, 4.69) is 24.4 Å². The average molecular weight is 322 g/mol. The zero-order valence-corrected chi connectivity index (χ0v) is 14.8. The molecule has 0 aromatic carbocycles. The first-order valence-corrected chi connectivity index (χ1v) is 8.81. The van der Waals surface area contributed by atoms with Gasteiger partial charge in [-0.3, -0.25) is 9.59 Å². The summed E-state index contributed by atoms with van der Waals surface area (Å²) in [5.74, 6) is 0.0380. The standard InChI is InChI=1S/C17H26N2O2S/c1-5-12-8-9-13(22-12)11-18-15(20)14-7-6-10-19(14)16(21)17(2,3)4/h8-9,14H,5-7,10-11H2,1-4H3,(H,18,20)/t14-/m1/s1. The Labute approximate surface area is 136 Å². The fourth-order valence-electron chi connectivity index (χ4n) is 2.71. The molecule has 1 saturated heterocycles. The second-order valence-corrected chi connectivity index (χ2v) is 8.10. The zero-order chi connectivity index (χ0) is 16.3. The number of nitrogens with one attached hydrogen (secondary N) is 1. The molecule has 22 heavy (non-hydrogen) atoms. The molecule has 122 valence electrons. The molecule has 0 spiro atoms. The van der Waals surface area contributed by atoms with Gasteiger partial charge in [-0.15, -0.1) is 11.3 Å². The molecule has 0 saturated carbocycles. The Hall–Kier alpha value is -1.36. The predicted molar refractivity (Wildman–Crippen MR) is 89.7 cm³/mol. The molecule has 2 heterocycles. The minimum Gasteiger partial charge on any atom is -0.349 e. The van der Waals surface area contributed by atoms with Gasteiger partial charge in [-0.1, -0.05) is 27.7 Å². The van der Waals surface area contributed by atoms with Crippen molar-refractivity contribution in [2.75, 3.05) is 6.54 Å². The predicted octanol–water partition coefficient (Wildman–Crippen LogP) is 2.96. The Bertz CT molecular complexity index is 545. The summed E-state index contributed by atoms with van der Waals surface area (Å²) in [5.41, 5.74) is -0.438. The van der Waals surface area contributed by atoms with Crippen LogP contribution in [0.4, 0.5) is 0 Å². The fraction of sp³-hybridized carbons (Fsp3) is 0.647. The van der Waals surface area contributed by atoms with Crippen LogP contribution in [0.2, 0.25) is 0 Å². The molecule has 0 radical (unpaired) electrons. The molecule has 1 atom stereocenters. The van der Waals surface area contributed by atoms with Gasteiger partial charge in [0, 0.05) is 21.7 Å². The van der Waals surface area contributed by atoms with Crippen LogP contribution in [0.3, 0.4) is 0 Å². The van der Waals surface area contributed by atoms with Gasteiger partial charge in [0.05, 0.1) is 6.54 Å². The molecular formula is C17H26N2O2S. The van der Waals surface area contributed by atoms with Crippen LogP contribution in [0.5, 0.6) is 0 Å². The maximum atomic E-state index is 12.4. The molecule has 0 bridgehead atoms. The van der Waals surface area contributed by atoms with E-state index in [9.17, 15) is 9.59 Å². The van der Waals surface area contributed by atoms with Gasteiger partial charge in [-0.25, -0.2) is 0 Å². The van der Waals surface area contributed by atoms with Crippen molar-refractivity contribution >= 4 is 23.2 Å². The van der Waals surface area contributed by atoms with E-state index in [1.54, 1.807) is 16.2 Å². The Morgan fingerprint density at radius 1 is 1.32 bits per heavy atom. The molecule has 1 aromatic heterocycles. The third-order valence-corrected chi connectivity index (χ3v) is 5.19. The SMILES string of the molecule is CCc1ccc(CNC(=O)[C@H]2CCCN2C(=O)C(C)(C)C)s1. The van der Waals surface area contributed by atoms with Crippen LogP contribution in [0, 0.1) is 5.41 Å². The molecule has 5 heteroatoms. The highest BCUT2D eigenvalue weighted by Gasteiger charge is 2.38. The molecule has 2 rings (SSSR count). The number of hydrogen-bond donors (Lipinski definition) is 1. The van der Waals surface area contributed by atoms with Gasteiger partial charge in [0.25, 0.3) is 0 Å². The number of hydrogen-bond acceptors (Lipinski definition) is 3. The molecule has 1 N–H and O–H groups in total. The lowest BCUT2D eigenvalue weighted by Gasteiger charge is -2.30. The summed E-state index contributed by atoms with van der Waals surface area (Å²) in [7, 11) is 0. The van der Waals surface area contributed by atoms with Crippen molar-refractivity contribution < 1.29 is 9.59 Å². The summed E-state index contributed by atoms with van der Waals surface area (Å²) in [5, 5.41) is 2.99. The Balaban J connectivity index is 1.95. The van der Waals surface area contributed by atoms with Crippen molar-refractivity contribution in [3.05, 3.63) is 21.9 Å². The quantitative estimate of drug-likeness (QED) is 0.926. The Morgan fingerprint density at radius 3 is 2.59 bits per heavy atom. The van der Waals surface area contributed by atoms with E-state index in [4.69, 9.17) is 0 Å². The van der Waals surface area contributed by atoms with Crippen LogP contribution in [0.1, 0.15) is 50.3 Å². The highest BCUT2D eigenvalue weighted by atomic mass is 32.1. The number of rotatable bonds is 4. The Kier molecular flexibility index (Phi) is 5.27. The summed E-state index contributed by atoms with van der Waals surface area (Å²) >= 11 is 1.73. The molecule has 0 aliphatic carbocycles. The van der Waals surface area contributed by atoms with Crippen LogP contribution < -0.4 is 5.32 Å². The van der Waals surface area contributed by atoms with Crippen molar-refractivity contribution in [3.8, 4) is 0 Å². The minimum atomic E-state index is -0.438. The monoisotopic (exact) mass is 322 g/mol. The lowest BCUT2D eigenvalue weighted by atomic mass is 9.94. The fourth-order valence-corrected chi connectivity index (χ4v) is 3.61. The van der Waals surface area contributed by atoms with E-state index >= 15 is 0 Å². The molecule has 4 nitrogen and oxygen atoms in total. The van der Waals surface area contributed by atoms with E-state index in [1.807, 2.05) is 20.8 Å². The van der Waals surface area contributed by atoms with Gasteiger partial charge in [0.1, 0.15) is 6.04 Å². The molecule has 1 aliphatic heterocycles. The molecule has 2 amide bonds. The van der Waals surface area contributed by atoms with Crippen molar-refractivity contribution in [1.29, 1.82) is 0 Å². The third kappa shape index (κ3) is 3.88. The maximum absolute atomic E-state index is 12.4. The number of nitrogens with zero attached hydrogens (tertiary/aromatic N) is 1. The molecule has 1 fully saturated rings. The molecule has 0 unspecified atom stereocenters. The van der Waals surface area contributed by atoms with Gasteiger partial charge in [-0.2, -0.15) is 0 Å². The summed E-state index contributed by atoms with van der Waals surface area (Å²) in [6.07, 6.45) is 2.69. The maximum Gasteiger partial charge on any atom is 0.243 e. The van der Waals surface area contributed by atoms with Gasteiger partial charge in [-0.05, 0) is 31.4 Å². The summed E-state index contributed by atoms with van der Waals surface area (Å²) in [6, 6.07) is 3.87. The molecule has 1 aliphatic rings. The minimum absolute atomic E-state index is 0.0263. The van der Waals surface area contributed by atoms with Gasteiger partial charge < -0.3 is 10.2 Å². The lowest BCUT2D eigenvalue weighted by molar-refractivity contribution is -0.144. The normalized spacial score (nSPS) is 18.5. The van der Waals surface area contributed by atoms with E-state index in [1.165, 1.54) is 4.88 Å². The first kappa shape index (κ1) is 17.0. The van der Waals surface area contributed by atoms with Crippen molar-refractivity contribution in [2.24, 2.45) is 5.41 Å². The summed E-state index contributed by atoms with van der Waals surface area (Å²) in [6.45, 7) is 9.08. The molecular weight excluding hydrogens is 296 g/mol. The van der Waals surface area contributed by atoms with Crippen molar-refractivity contribution in [2.45, 2.75) is 59.5 Å². The van der Waals surface area contributed by atoms with Gasteiger partial charge >= 0.3 is 0 Å². The molecule has 1 aromatic rings. The highest BCUT2D eigenvalue weighted by Crippen LogP contribution is 2.25. The summed E-state index contributed by atoms with van der Waals surface area (Å²) < 4.78 is 0. The first-order chi connectivity index (χ1) is 10.3. The lowest BCUT2D eigenvalue weighted by Crippen LogP contribution is -2.49. The van der Waals surface area contributed by atoms with E-state index in [0.717, 1.165) is 24.1 Å². The van der Waals surface area contributed by atoms with Gasteiger partial charge in [0.2, 0.25) is 11.8 Å². The third-order valence-electron chi connectivity index (χ3n) is 3.96. The van der Waals surface area contributed by atoms with E-state index < -0.39 is 5.41 Å². The number of amides is 2. The van der Waals surface area contributed by atoms with Gasteiger partial charge in [0.15, 0.2) is 0 Å². The number of aryl methyl sites for hydroxylation is 1. The Morgan fingerprint density at radius 2 is 2.00 bits per heavy atom. The smallest absolute Gasteiger partial charge is 0.243 e. The van der Waals surface area contributed by atoms with E-state index in [-0.39, 0.29) is 17.9 Å². The topological polar surface area (TPSA) is 49.4 Å². The van der Waals surface area contributed by atoms with Crippen LogP contribution in [0.15, 0.2) is 12.1 Å². The van der Waals surface area contributed by atoms with Crippen molar-refractivity contribution in [3.63, 3.8) is 0 Å². The number of thiophene rings is 1. The van der Waals surface area contributed by atoms with Crippen LogP contribution in [0.25, 0.3) is 0 Å². The van der Waals surface area contributed by atoms with Crippen LogP contribution in [-0.2, 0) is 22.6 Å². The summed E-state index contributed by atoms with van der Waals surface area (Å²) in [4.78, 5) is 29.1. The largest absolute Gasteiger partial charge is 0.349 e. The first-order valence-electron chi connectivity index (χ1n) is 7.99. The second-order valence-electron chi connectivity index (χ2n) is 6.85. The number of carbonyl (C=O) groups is 2. The van der Waals surface area contributed by atoms with Crippen LogP contribution >= 0.6 is 11.3 Å². The number of likely N-dealkylation sites (tertiary alicyclic amines) is 1. The zero-order valence-electron chi connectivity index (χ0n) is 13.9. The van der Waals surface area contributed by atoms with Crippen LogP contribution in [-0.4, -0.2) is 29.3 Å². The van der Waals surface area contributed by atoms with Crippen molar-refractivity contribution in [1.82, 2.24) is 10.2 Å². The number of carbonyl (C=O) groups excluding carboxylic acids is 2. The highest BCUT2D eigenvalue weighted by molar-refractivity contribution is 7.11. The second kappa shape index (κ2) is 6.82.